The highest BCUT2D eigenvalue weighted by Gasteiger charge is 2.30. The Kier molecular flexibility index (Phi) is 6.32. The van der Waals surface area contributed by atoms with Gasteiger partial charge in [0.05, 0.1) is 23.7 Å². The smallest absolute Gasteiger partial charge is 0.343 e. The number of sulfonamides is 1. The maximum absolute atomic E-state index is 14.3. The van der Waals surface area contributed by atoms with Crippen LogP contribution in [-0.4, -0.2) is 43.8 Å². The summed E-state index contributed by atoms with van der Waals surface area (Å²) in [5.41, 5.74) is -0.761. The lowest BCUT2D eigenvalue weighted by molar-refractivity contribution is -0.385. The molecule has 0 aromatic heterocycles. The lowest BCUT2D eigenvalue weighted by Gasteiger charge is -2.26. The summed E-state index contributed by atoms with van der Waals surface area (Å²) in [4.78, 5) is 22.4. The van der Waals surface area contributed by atoms with E-state index in [-0.39, 0.29) is 30.2 Å². The number of esters is 1. The van der Waals surface area contributed by atoms with E-state index in [1.807, 2.05) is 0 Å². The van der Waals surface area contributed by atoms with E-state index in [0.29, 0.717) is 12.8 Å². The normalized spacial score (nSPS) is 14.9. The third-order valence-corrected chi connectivity index (χ3v) is 6.58. The summed E-state index contributed by atoms with van der Waals surface area (Å²) in [6.45, 7) is 0.545. The molecule has 30 heavy (non-hydrogen) atoms. The molecule has 1 aliphatic heterocycles. The molecule has 0 radical (unpaired) electrons. The molecular formula is C19H19FN2O7S. The Morgan fingerprint density at radius 3 is 2.47 bits per heavy atom. The molecule has 0 amide bonds. The summed E-state index contributed by atoms with van der Waals surface area (Å²) in [7, 11) is -2.80. The minimum Gasteiger partial charge on any atom is -0.496 e. The van der Waals surface area contributed by atoms with E-state index in [2.05, 4.69) is 0 Å². The van der Waals surface area contributed by atoms with E-state index in [1.54, 1.807) is 0 Å². The Balaban J connectivity index is 1.91. The van der Waals surface area contributed by atoms with Gasteiger partial charge in [0.2, 0.25) is 15.8 Å². The second kappa shape index (κ2) is 8.76. The van der Waals surface area contributed by atoms with Gasteiger partial charge >= 0.3 is 11.7 Å². The van der Waals surface area contributed by atoms with Crippen molar-refractivity contribution < 1.29 is 32.0 Å². The summed E-state index contributed by atoms with van der Waals surface area (Å²) in [6, 6.07) is 6.44. The maximum Gasteiger partial charge on any atom is 0.343 e. The lowest BCUT2D eigenvalue weighted by Crippen LogP contribution is -2.36. The number of nitrogens with zero attached hydrogens (tertiary/aromatic N) is 2. The third-order valence-electron chi connectivity index (χ3n) is 4.67. The van der Waals surface area contributed by atoms with Gasteiger partial charge in [0, 0.05) is 13.1 Å². The molecule has 1 aliphatic rings. The second-order valence-electron chi connectivity index (χ2n) is 6.59. The largest absolute Gasteiger partial charge is 0.496 e. The van der Waals surface area contributed by atoms with E-state index in [9.17, 15) is 27.7 Å². The van der Waals surface area contributed by atoms with Crippen molar-refractivity contribution in [2.24, 2.45) is 0 Å². The van der Waals surface area contributed by atoms with Crippen LogP contribution in [0.2, 0.25) is 0 Å². The van der Waals surface area contributed by atoms with Crippen molar-refractivity contribution in [2.75, 3.05) is 20.2 Å². The number of halogens is 1. The molecule has 2 aromatic carbocycles. The van der Waals surface area contributed by atoms with Crippen molar-refractivity contribution in [3.05, 3.63) is 57.9 Å². The number of methoxy groups -OCH3 is 1. The molecule has 0 spiro atoms. The Morgan fingerprint density at radius 1 is 1.13 bits per heavy atom. The van der Waals surface area contributed by atoms with Gasteiger partial charge in [0.15, 0.2) is 0 Å². The van der Waals surface area contributed by atoms with Gasteiger partial charge in [0.1, 0.15) is 16.5 Å². The molecule has 1 heterocycles. The fourth-order valence-corrected chi connectivity index (χ4v) is 4.69. The van der Waals surface area contributed by atoms with Crippen molar-refractivity contribution in [1.29, 1.82) is 0 Å². The topological polar surface area (TPSA) is 116 Å². The number of nitro benzene ring substituents is 1. The van der Waals surface area contributed by atoms with Gasteiger partial charge in [-0.2, -0.15) is 4.31 Å². The van der Waals surface area contributed by atoms with Gasteiger partial charge in [-0.3, -0.25) is 10.1 Å². The molecule has 0 aliphatic carbocycles. The highest BCUT2D eigenvalue weighted by atomic mass is 32.2. The zero-order chi connectivity index (χ0) is 21.9. The summed E-state index contributed by atoms with van der Waals surface area (Å²) < 4.78 is 51.0. The van der Waals surface area contributed by atoms with Crippen LogP contribution in [0.1, 0.15) is 29.6 Å². The van der Waals surface area contributed by atoms with Gasteiger partial charge in [-0.05, 0) is 43.2 Å². The van der Waals surface area contributed by atoms with Crippen LogP contribution in [-0.2, 0) is 10.0 Å². The molecule has 0 N–H and O–H groups in total. The molecule has 3 rings (SSSR count). The van der Waals surface area contributed by atoms with Gasteiger partial charge in [-0.1, -0.05) is 6.42 Å². The van der Waals surface area contributed by atoms with Crippen molar-refractivity contribution >= 4 is 21.7 Å². The minimum atomic E-state index is -4.13. The predicted octanol–water partition coefficient (Wildman–Crippen LogP) is 3.14. The number of carbonyl (C=O) groups is 1. The van der Waals surface area contributed by atoms with Crippen molar-refractivity contribution in [1.82, 2.24) is 4.31 Å². The monoisotopic (exact) mass is 438 g/mol. The fraction of sp³-hybridized carbons (Fsp3) is 0.316. The number of rotatable bonds is 6. The predicted molar refractivity (Wildman–Crippen MR) is 104 cm³/mol. The number of piperidine rings is 1. The fourth-order valence-electron chi connectivity index (χ4n) is 3.08. The second-order valence-corrected chi connectivity index (χ2v) is 8.50. The van der Waals surface area contributed by atoms with Gasteiger partial charge in [0.25, 0.3) is 0 Å². The number of hydrogen-bond acceptors (Lipinski definition) is 7. The van der Waals surface area contributed by atoms with Crippen LogP contribution in [0, 0.1) is 15.9 Å². The Morgan fingerprint density at radius 2 is 1.83 bits per heavy atom. The molecule has 0 bridgehead atoms. The highest BCUT2D eigenvalue weighted by molar-refractivity contribution is 7.89. The van der Waals surface area contributed by atoms with Crippen LogP contribution in [0.3, 0.4) is 0 Å². The minimum absolute atomic E-state index is 0.193. The number of ether oxygens (including phenoxy) is 2. The van der Waals surface area contributed by atoms with Gasteiger partial charge in [-0.15, -0.1) is 0 Å². The molecule has 1 fully saturated rings. The van der Waals surface area contributed by atoms with Gasteiger partial charge in [-0.25, -0.2) is 17.6 Å². The zero-order valence-electron chi connectivity index (χ0n) is 16.0. The summed E-state index contributed by atoms with van der Waals surface area (Å²) >= 11 is 0. The number of nitro groups is 1. The van der Waals surface area contributed by atoms with E-state index >= 15 is 0 Å². The quantitative estimate of drug-likeness (QED) is 0.294. The Hall–Kier alpha value is -3.05. The van der Waals surface area contributed by atoms with Crippen molar-refractivity contribution in [3.8, 4) is 11.5 Å². The zero-order valence-corrected chi connectivity index (χ0v) is 16.9. The molecule has 11 heteroatoms. The summed E-state index contributed by atoms with van der Waals surface area (Å²) in [6.07, 6.45) is 2.23. The first-order valence-electron chi connectivity index (χ1n) is 9.08. The van der Waals surface area contributed by atoms with Crippen LogP contribution in [0.4, 0.5) is 10.1 Å². The van der Waals surface area contributed by atoms with E-state index in [4.69, 9.17) is 9.47 Å². The van der Waals surface area contributed by atoms with E-state index in [0.717, 1.165) is 30.7 Å². The van der Waals surface area contributed by atoms with Crippen molar-refractivity contribution in [2.45, 2.75) is 24.2 Å². The summed E-state index contributed by atoms with van der Waals surface area (Å²) in [5, 5.41) is 11.2. The molecule has 0 unspecified atom stereocenters. The van der Waals surface area contributed by atoms with Crippen LogP contribution < -0.4 is 9.47 Å². The Labute approximate surface area is 172 Å². The molecule has 160 valence electrons. The van der Waals surface area contributed by atoms with E-state index < -0.39 is 37.3 Å². The molecule has 1 saturated heterocycles. The average molecular weight is 438 g/mol. The van der Waals surface area contributed by atoms with Crippen LogP contribution in [0.5, 0.6) is 11.5 Å². The van der Waals surface area contributed by atoms with Crippen LogP contribution in [0.15, 0.2) is 41.3 Å². The number of benzene rings is 2. The Bertz CT molecular complexity index is 1080. The first-order valence-corrected chi connectivity index (χ1v) is 10.5. The first-order chi connectivity index (χ1) is 14.2. The molecule has 0 saturated carbocycles. The highest BCUT2D eigenvalue weighted by Crippen LogP contribution is 2.32. The molecule has 9 nitrogen and oxygen atoms in total. The number of hydrogen-bond donors (Lipinski definition) is 0. The SMILES string of the molecule is COc1ccc(OC(=O)c2ccc(F)c(S(=O)(=O)N3CCCCC3)c2)c([N+](=O)[O-])c1. The molecular weight excluding hydrogens is 419 g/mol. The third kappa shape index (κ3) is 4.41. The van der Waals surface area contributed by atoms with Crippen LogP contribution >= 0.6 is 0 Å². The average Bonchev–Trinajstić information content (AvgIpc) is 2.74. The standard InChI is InChI=1S/C19H19FN2O7S/c1-28-14-6-8-17(16(12-14)22(24)25)29-19(23)13-5-7-15(20)18(11-13)30(26,27)21-9-3-2-4-10-21/h5-8,11-12H,2-4,9-10H2,1H3. The van der Waals surface area contributed by atoms with Crippen molar-refractivity contribution in [3.63, 3.8) is 0 Å². The summed E-state index contributed by atoms with van der Waals surface area (Å²) in [5.74, 6) is -2.21. The molecule has 0 atom stereocenters. The lowest BCUT2D eigenvalue weighted by atomic mass is 10.2. The number of carbonyl (C=O) groups excluding carboxylic acids is 1. The van der Waals surface area contributed by atoms with Gasteiger partial charge < -0.3 is 9.47 Å². The molecule has 2 aromatic rings. The van der Waals surface area contributed by atoms with E-state index in [1.165, 1.54) is 23.5 Å². The first kappa shape index (κ1) is 21.7. The maximum atomic E-state index is 14.3. The van der Waals surface area contributed by atoms with Crippen LogP contribution in [0.25, 0.3) is 0 Å².